The molecule has 0 heterocycles. The lowest BCUT2D eigenvalue weighted by Crippen LogP contribution is -1.97. The van der Waals surface area contributed by atoms with Crippen LogP contribution in [0.1, 0.15) is 27.6 Å². The van der Waals surface area contributed by atoms with Crippen LogP contribution in [0.3, 0.4) is 0 Å². The molecule has 0 aliphatic heterocycles. The third-order valence-electron chi connectivity index (χ3n) is 2.88. The molecule has 18 heavy (non-hydrogen) atoms. The molecule has 0 radical (unpaired) electrons. The van der Waals surface area contributed by atoms with Crippen LogP contribution in [0, 0.1) is 19.7 Å². The van der Waals surface area contributed by atoms with Gasteiger partial charge in [-0.05, 0) is 48.7 Å². The summed E-state index contributed by atoms with van der Waals surface area (Å²) in [6.07, 6.45) is 0. The van der Waals surface area contributed by atoms with Crippen molar-refractivity contribution >= 4 is 27.5 Å². The quantitative estimate of drug-likeness (QED) is 0.636. The Kier molecular flexibility index (Phi) is 4.08. The smallest absolute Gasteiger partial charge is 0.124 e. The van der Waals surface area contributed by atoms with Crippen molar-refractivity contribution in [1.29, 1.82) is 0 Å². The lowest BCUT2D eigenvalue weighted by molar-refractivity contribution is 0.625. The van der Waals surface area contributed by atoms with Gasteiger partial charge in [0.05, 0.1) is 5.38 Å². The predicted octanol–water partition coefficient (Wildman–Crippen LogP) is 5.53. The standard InChI is InChI=1S/C15H13BrClF/c1-9-3-4-14(10(2)5-9)15(17)11-6-12(16)8-13(18)7-11/h3-8,15H,1-2H3. The second-order valence-corrected chi connectivity index (χ2v) is 5.78. The summed E-state index contributed by atoms with van der Waals surface area (Å²) >= 11 is 9.73. The van der Waals surface area contributed by atoms with Crippen molar-refractivity contribution < 1.29 is 4.39 Å². The van der Waals surface area contributed by atoms with Crippen molar-refractivity contribution in [2.75, 3.05) is 0 Å². The molecule has 0 saturated heterocycles. The first kappa shape index (κ1) is 13.6. The molecule has 0 N–H and O–H groups in total. The zero-order chi connectivity index (χ0) is 13.3. The maximum atomic E-state index is 13.4. The van der Waals surface area contributed by atoms with Gasteiger partial charge in [-0.25, -0.2) is 4.39 Å². The molecule has 3 heteroatoms. The second-order valence-electron chi connectivity index (χ2n) is 4.43. The number of halogens is 3. The number of rotatable bonds is 2. The van der Waals surface area contributed by atoms with Gasteiger partial charge in [-0.2, -0.15) is 0 Å². The zero-order valence-electron chi connectivity index (χ0n) is 10.2. The van der Waals surface area contributed by atoms with E-state index in [-0.39, 0.29) is 11.2 Å². The Morgan fingerprint density at radius 3 is 2.44 bits per heavy atom. The van der Waals surface area contributed by atoms with E-state index in [1.807, 2.05) is 32.0 Å². The first-order chi connectivity index (χ1) is 8.47. The normalized spacial score (nSPS) is 12.5. The Labute approximate surface area is 120 Å². The summed E-state index contributed by atoms with van der Waals surface area (Å²) in [4.78, 5) is 0. The maximum absolute atomic E-state index is 13.4. The average Bonchev–Trinajstić information content (AvgIpc) is 2.26. The summed E-state index contributed by atoms with van der Waals surface area (Å²) in [6.45, 7) is 4.06. The van der Waals surface area contributed by atoms with E-state index in [1.165, 1.54) is 17.7 Å². The van der Waals surface area contributed by atoms with E-state index < -0.39 is 0 Å². The second kappa shape index (κ2) is 5.41. The highest BCUT2D eigenvalue weighted by Crippen LogP contribution is 2.33. The number of hydrogen-bond donors (Lipinski definition) is 0. The first-order valence-corrected chi connectivity index (χ1v) is 6.87. The van der Waals surface area contributed by atoms with Crippen LogP contribution in [0.25, 0.3) is 0 Å². The van der Waals surface area contributed by atoms with E-state index in [2.05, 4.69) is 22.0 Å². The molecule has 0 aromatic heterocycles. The minimum Gasteiger partial charge on any atom is -0.207 e. The van der Waals surface area contributed by atoms with Gasteiger partial charge in [-0.1, -0.05) is 39.7 Å². The summed E-state index contributed by atoms with van der Waals surface area (Å²) < 4.78 is 14.1. The maximum Gasteiger partial charge on any atom is 0.124 e. The molecule has 94 valence electrons. The van der Waals surface area contributed by atoms with Gasteiger partial charge in [-0.3, -0.25) is 0 Å². The van der Waals surface area contributed by atoms with Gasteiger partial charge >= 0.3 is 0 Å². The van der Waals surface area contributed by atoms with E-state index in [0.29, 0.717) is 4.47 Å². The molecule has 0 amide bonds. The molecule has 0 saturated carbocycles. The Hall–Kier alpha value is -0.860. The fraction of sp³-hybridized carbons (Fsp3) is 0.200. The van der Waals surface area contributed by atoms with Gasteiger partial charge in [-0.15, -0.1) is 11.6 Å². The number of aryl methyl sites for hydroxylation is 2. The minimum absolute atomic E-state index is 0.283. The molecule has 0 nitrogen and oxygen atoms in total. The van der Waals surface area contributed by atoms with E-state index in [4.69, 9.17) is 11.6 Å². The molecule has 1 unspecified atom stereocenters. The van der Waals surface area contributed by atoms with Crippen molar-refractivity contribution in [2.24, 2.45) is 0 Å². The highest BCUT2D eigenvalue weighted by molar-refractivity contribution is 9.10. The molecule has 0 fully saturated rings. The van der Waals surface area contributed by atoms with Crippen molar-refractivity contribution in [3.8, 4) is 0 Å². The number of benzene rings is 2. The van der Waals surface area contributed by atoms with Crippen molar-refractivity contribution in [3.63, 3.8) is 0 Å². The van der Waals surface area contributed by atoms with Crippen LogP contribution < -0.4 is 0 Å². The van der Waals surface area contributed by atoms with Crippen LogP contribution in [0.15, 0.2) is 40.9 Å². The largest absolute Gasteiger partial charge is 0.207 e. The molecule has 2 aromatic rings. The fourth-order valence-electron chi connectivity index (χ4n) is 2.01. The van der Waals surface area contributed by atoms with E-state index in [0.717, 1.165) is 16.7 Å². The van der Waals surface area contributed by atoms with Crippen molar-refractivity contribution in [2.45, 2.75) is 19.2 Å². The Balaban J connectivity index is 2.44. The van der Waals surface area contributed by atoms with Gasteiger partial charge in [0, 0.05) is 4.47 Å². The molecule has 0 bridgehead atoms. The van der Waals surface area contributed by atoms with E-state index >= 15 is 0 Å². The fourth-order valence-corrected chi connectivity index (χ4v) is 2.86. The SMILES string of the molecule is Cc1ccc(C(Cl)c2cc(F)cc(Br)c2)c(C)c1. The Morgan fingerprint density at radius 2 is 1.83 bits per heavy atom. The number of alkyl halides is 1. The molecule has 0 aliphatic rings. The Morgan fingerprint density at radius 1 is 1.11 bits per heavy atom. The van der Waals surface area contributed by atoms with Crippen LogP contribution in [0.2, 0.25) is 0 Å². The Bertz CT molecular complexity index is 560. The van der Waals surface area contributed by atoms with Gasteiger partial charge in [0.1, 0.15) is 5.82 Å². The minimum atomic E-state index is -0.336. The van der Waals surface area contributed by atoms with Crippen LogP contribution in [0.5, 0.6) is 0 Å². The first-order valence-electron chi connectivity index (χ1n) is 5.64. The lowest BCUT2D eigenvalue weighted by Gasteiger charge is -2.14. The van der Waals surface area contributed by atoms with E-state index in [9.17, 15) is 4.39 Å². The van der Waals surface area contributed by atoms with Crippen molar-refractivity contribution in [1.82, 2.24) is 0 Å². The van der Waals surface area contributed by atoms with Gasteiger partial charge in [0.25, 0.3) is 0 Å². The lowest BCUT2D eigenvalue weighted by atomic mass is 9.98. The molecule has 1 atom stereocenters. The average molecular weight is 328 g/mol. The topological polar surface area (TPSA) is 0 Å². The van der Waals surface area contributed by atoms with Crippen LogP contribution in [0.4, 0.5) is 4.39 Å². The van der Waals surface area contributed by atoms with Crippen LogP contribution >= 0.6 is 27.5 Å². The van der Waals surface area contributed by atoms with Crippen molar-refractivity contribution in [3.05, 3.63) is 68.9 Å². The zero-order valence-corrected chi connectivity index (χ0v) is 12.5. The predicted molar refractivity (Wildman–Crippen MR) is 77.7 cm³/mol. The summed E-state index contributed by atoms with van der Waals surface area (Å²) in [7, 11) is 0. The number of hydrogen-bond acceptors (Lipinski definition) is 0. The summed E-state index contributed by atoms with van der Waals surface area (Å²) in [5.41, 5.74) is 4.09. The van der Waals surface area contributed by atoms with Gasteiger partial charge in [0.2, 0.25) is 0 Å². The van der Waals surface area contributed by atoms with Gasteiger partial charge in [0.15, 0.2) is 0 Å². The van der Waals surface area contributed by atoms with Crippen LogP contribution in [-0.2, 0) is 0 Å². The summed E-state index contributed by atoms with van der Waals surface area (Å²) in [5.74, 6) is -0.283. The summed E-state index contributed by atoms with van der Waals surface area (Å²) in [5, 5.41) is -0.336. The summed E-state index contributed by atoms with van der Waals surface area (Å²) in [6, 6.07) is 10.9. The molecule has 0 aliphatic carbocycles. The molecule has 2 aromatic carbocycles. The highest BCUT2D eigenvalue weighted by Gasteiger charge is 2.14. The monoisotopic (exact) mass is 326 g/mol. The molecular formula is C15H13BrClF. The highest BCUT2D eigenvalue weighted by atomic mass is 79.9. The van der Waals surface area contributed by atoms with E-state index in [1.54, 1.807) is 0 Å². The third kappa shape index (κ3) is 2.93. The third-order valence-corrected chi connectivity index (χ3v) is 3.82. The van der Waals surface area contributed by atoms with Gasteiger partial charge < -0.3 is 0 Å². The molecule has 0 spiro atoms. The molecule has 2 rings (SSSR count). The molecular weight excluding hydrogens is 315 g/mol. The van der Waals surface area contributed by atoms with Crippen LogP contribution in [-0.4, -0.2) is 0 Å².